The fourth-order valence-electron chi connectivity index (χ4n) is 3.26. The second-order valence-corrected chi connectivity index (χ2v) is 5.81. The monoisotopic (exact) mass is 328 g/mol. The highest BCUT2D eigenvalue weighted by molar-refractivity contribution is 5.55. The second kappa shape index (κ2) is 6.24. The van der Waals surface area contributed by atoms with E-state index in [0.29, 0.717) is 6.61 Å². The summed E-state index contributed by atoms with van der Waals surface area (Å²) in [6, 6.07) is 12.1. The van der Waals surface area contributed by atoms with Crippen LogP contribution in [0, 0.1) is 0 Å². The second-order valence-electron chi connectivity index (χ2n) is 5.81. The van der Waals surface area contributed by atoms with Gasteiger partial charge in [-0.15, -0.1) is 0 Å². The van der Waals surface area contributed by atoms with E-state index < -0.39 is 0 Å². The summed E-state index contributed by atoms with van der Waals surface area (Å²) in [4.78, 5) is 0. The summed E-state index contributed by atoms with van der Waals surface area (Å²) in [5.41, 5.74) is 2.30. The number of methoxy groups -OCH3 is 1. The van der Waals surface area contributed by atoms with Crippen LogP contribution in [0.15, 0.2) is 36.4 Å². The molecule has 5 heteroatoms. The van der Waals surface area contributed by atoms with Crippen molar-refractivity contribution in [2.24, 2.45) is 0 Å². The Balaban J connectivity index is 1.74. The van der Waals surface area contributed by atoms with Crippen molar-refractivity contribution in [3.8, 4) is 23.0 Å². The van der Waals surface area contributed by atoms with E-state index in [9.17, 15) is 0 Å². The summed E-state index contributed by atoms with van der Waals surface area (Å²) in [6.45, 7) is 2.83. The SMILES string of the molecule is CCOC1CC(c2ccc(OC)cc2)c2cc3c(cc2O1)OCO3. The molecule has 2 unspecified atom stereocenters. The molecule has 0 aliphatic carbocycles. The van der Waals surface area contributed by atoms with E-state index >= 15 is 0 Å². The van der Waals surface area contributed by atoms with Crippen LogP contribution in [-0.4, -0.2) is 26.8 Å². The zero-order valence-electron chi connectivity index (χ0n) is 13.8. The van der Waals surface area contributed by atoms with Crippen LogP contribution in [0.5, 0.6) is 23.0 Å². The lowest BCUT2D eigenvalue weighted by Crippen LogP contribution is -2.28. The van der Waals surface area contributed by atoms with Gasteiger partial charge in [-0.25, -0.2) is 0 Å². The highest BCUT2D eigenvalue weighted by Gasteiger charge is 2.32. The first kappa shape index (κ1) is 15.1. The van der Waals surface area contributed by atoms with Gasteiger partial charge >= 0.3 is 0 Å². The molecule has 0 saturated carbocycles. The van der Waals surface area contributed by atoms with Gasteiger partial charge in [-0.1, -0.05) is 12.1 Å². The lowest BCUT2D eigenvalue weighted by Gasteiger charge is -2.32. The van der Waals surface area contributed by atoms with E-state index in [1.807, 2.05) is 31.2 Å². The molecular weight excluding hydrogens is 308 g/mol. The van der Waals surface area contributed by atoms with E-state index in [-0.39, 0.29) is 19.0 Å². The zero-order valence-corrected chi connectivity index (χ0v) is 13.8. The minimum absolute atomic E-state index is 0.172. The smallest absolute Gasteiger partial charge is 0.231 e. The lowest BCUT2D eigenvalue weighted by atomic mass is 9.86. The van der Waals surface area contributed by atoms with Gasteiger partial charge in [0.1, 0.15) is 11.5 Å². The maximum atomic E-state index is 6.01. The van der Waals surface area contributed by atoms with Crippen molar-refractivity contribution in [2.45, 2.75) is 25.6 Å². The third kappa shape index (κ3) is 2.65. The van der Waals surface area contributed by atoms with Crippen molar-refractivity contribution >= 4 is 0 Å². The van der Waals surface area contributed by atoms with Crippen molar-refractivity contribution in [1.29, 1.82) is 0 Å². The van der Waals surface area contributed by atoms with Crippen LogP contribution < -0.4 is 18.9 Å². The van der Waals surface area contributed by atoms with Crippen LogP contribution in [0.3, 0.4) is 0 Å². The molecule has 0 fully saturated rings. The van der Waals surface area contributed by atoms with Gasteiger partial charge in [0.15, 0.2) is 11.5 Å². The molecule has 24 heavy (non-hydrogen) atoms. The maximum absolute atomic E-state index is 6.01. The van der Waals surface area contributed by atoms with Crippen LogP contribution in [0.2, 0.25) is 0 Å². The average molecular weight is 328 g/mol. The van der Waals surface area contributed by atoms with E-state index in [1.54, 1.807) is 7.11 Å². The van der Waals surface area contributed by atoms with Crippen LogP contribution in [0.25, 0.3) is 0 Å². The molecule has 5 nitrogen and oxygen atoms in total. The number of rotatable bonds is 4. The number of hydrogen-bond donors (Lipinski definition) is 0. The Kier molecular flexibility index (Phi) is 3.94. The molecule has 2 aliphatic rings. The standard InChI is InChI=1S/C19H20O5/c1-3-21-19-9-14(12-4-6-13(20-2)7-5-12)15-8-17-18(23-11-22-17)10-16(15)24-19/h4-8,10,14,19H,3,9,11H2,1-2H3. The number of hydrogen-bond acceptors (Lipinski definition) is 5. The fraction of sp³-hybridized carbons (Fsp3) is 0.368. The van der Waals surface area contributed by atoms with E-state index in [2.05, 4.69) is 12.1 Å². The van der Waals surface area contributed by atoms with Crippen molar-refractivity contribution < 1.29 is 23.7 Å². The third-order valence-electron chi connectivity index (χ3n) is 4.44. The minimum Gasteiger partial charge on any atom is -0.497 e. The average Bonchev–Trinajstić information content (AvgIpc) is 3.07. The Morgan fingerprint density at radius 2 is 1.79 bits per heavy atom. The molecule has 0 spiro atoms. The Bertz CT molecular complexity index is 725. The van der Waals surface area contributed by atoms with Gasteiger partial charge in [0, 0.05) is 30.6 Å². The Labute approximate surface area is 141 Å². The Hall–Kier alpha value is -2.40. The van der Waals surface area contributed by atoms with Gasteiger partial charge in [0.2, 0.25) is 13.1 Å². The number of ether oxygens (including phenoxy) is 5. The Morgan fingerprint density at radius 3 is 2.50 bits per heavy atom. The molecular formula is C19H20O5. The molecule has 2 heterocycles. The maximum Gasteiger partial charge on any atom is 0.231 e. The van der Waals surface area contributed by atoms with Gasteiger partial charge < -0.3 is 23.7 Å². The summed E-state index contributed by atoms with van der Waals surface area (Å²) in [5, 5.41) is 0. The van der Waals surface area contributed by atoms with Crippen LogP contribution in [-0.2, 0) is 4.74 Å². The van der Waals surface area contributed by atoms with Crippen molar-refractivity contribution in [3.63, 3.8) is 0 Å². The van der Waals surface area contributed by atoms with Gasteiger partial charge in [0.25, 0.3) is 0 Å². The molecule has 0 N–H and O–H groups in total. The molecule has 2 aromatic rings. The molecule has 2 atom stereocenters. The summed E-state index contributed by atoms with van der Waals surface area (Å²) in [5.74, 6) is 3.30. The first-order valence-corrected chi connectivity index (χ1v) is 8.14. The molecule has 2 aliphatic heterocycles. The molecule has 0 aromatic heterocycles. The highest BCUT2D eigenvalue weighted by atomic mass is 16.7. The van der Waals surface area contributed by atoms with Gasteiger partial charge in [-0.2, -0.15) is 0 Å². The van der Waals surface area contributed by atoms with Crippen LogP contribution in [0.1, 0.15) is 30.4 Å². The fourth-order valence-corrected chi connectivity index (χ4v) is 3.26. The summed E-state index contributed by atoms with van der Waals surface area (Å²) >= 11 is 0. The Morgan fingerprint density at radius 1 is 1.04 bits per heavy atom. The third-order valence-corrected chi connectivity index (χ3v) is 4.44. The molecule has 126 valence electrons. The van der Waals surface area contributed by atoms with Gasteiger partial charge in [-0.05, 0) is 30.7 Å². The predicted molar refractivity (Wildman–Crippen MR) is 88.1 cm³/mol. The number of fused-ring (bicyclic) bond motifs is 2. The molecule has 0 radical (unpaired) electrons. The number of benzene rings is 2. The summed E-state index contributed by atoms with van der Waals surface area (Å²) in [6.07, 6.45) is 0.488. The first-order chi connectivity index (χ1) is 11.8. The van der Waals surface area contributed by atoms with E-state index in [0.717, 1.165) is 35.0 Å². The van der Waals surface area contributed by atoms with Crippen LogP contribution in [0.4, 0.5) is 0 Å². The molecule has 2 aromatic carbocycles. The van der Waals surface area contributed by atoms with E-state index in [4.69, 9.17) is 23.7 Å². The van der Waals surface area contributed by atoms with Crippen LogP contribution >= 0.6 is 0 Å². The first-order valence-electron chi connectivity index (χ1n) is 8.14. The normalized spacial score (nSPS) is 21.1. The quantitative estimate of drug-likeness (QED) is 0.856. The van der Waals surface area contributed by atoms with Crippen molar-refractivity contribution in [3.05, 3.63) is 47.5 Å². The topological polar surface area (TPSA) is 46.2 Å². The molecule has 4 rings (SSSR count). The highest BCUT2D eigenvalue weighted by Crippen LogP contribution is 2.47. The molecule has 0 bridgehead atoms. The van der Waals surface area contributed by atoms with Crippen molar-refractivity contribution in [2.75, 3.05) is 20.5 Å². The lowest BCUT2D eigenvalue weighted by molar-refractivity contribution is -0.0894. The summed E-state index contributed by atoms with van der Waals surface area (Å²) < 4.78 is 28.0. The van der Waals surface area contributed by atoms with Gasteiger partial charge in [0.05, 0.1) is 7.11 Å². The van der Waals surface area contributed by atoms with Gasteiger partial charge in [-0.3, -0.25) is 0 Å². The molecule has 0 amide bonds. The summed E-state index contributed by atoms with van der Waals surface area (Å²) in [7, 11) is 1.67. The van der Waals surface area contributed by atoms with E-state index in [1.165, 1.54) is 5.56 Å². The zero-order chi connectivity index (χ0) is 16.5. The minimum atomic E-state index is -0.269. The van der Waals surface area contributed by atoms with Crippen molar-refractivity contribution in [1.82, 2.24) is 0 Å². The molecule has 0 saturated heterocycles. The largest absolute Gasteiger partial charge is 0.497 e. The predicted octanol–water partition coefficient (Wildman–Crippen LogP) is 3.70.